The SMILES string of the molecule is Cc1onc2ncc(C(=O)O)cc12. The number of aromatic carboxylic acids is 1. The van der Waals surface area contributed by atoms with Crippen molar-refractivity contribution in [1.82, 2.24) is 10.1 Å². The first-order chi connectivity index (χ1) is 6.18. The fourth-order valence-corrected chi connectivity index (χ4v) is 1.07. The van der Waals surface area contributed by atoms with Gasteiger partial charge >= 0.3 is 5.97 Å². The third kappa shape index (κ3) is 1.14. The third-order valence-electron chi connectivity index (χ3n) is 1.76. The van der Waals surface area contributed by atoms with Crippen molar-refractivity contribution < 1.29 is 14.4 Å². The second-order valence-corrected chi connectivity index (χ2v) is 2.64. The first kappa shape index (κ1) is 7.72. The molecule has 66 valence electrons. The number of hydrogen-bond donors (Lipinski definition) is 1. The lowest BCUT2D eigenvalue weighted by molar-refractivity contribution is 0.0696. The van der Waals surface area contributed by atoms with Crippen LogP contribution >= 0.6 is 0 Å². The highest BCUT2D eigenvalue weighted by Crippen LogP contribution is 2.16. The maximum absolute atomic E-state index is 10.6. The van der Waals surface area contributed by atoms with E-state index in [4.69, 9.17) is 9.63 Å². The van der Waals surface area contributed by atoms with Gasteiger partial charge in [0.25, 0.3) is 0 Å². The van der Waals surface area contributed by atoms with Gasteiger partial charge in [-0.05, 0) is 13.0 Å². The summed E-state index contributed by atoms with van der Waals surface area (Å²) in [7, 11) is 0. The number of hydrogen-bond acceptors (Lipinski definition) is 4. The van der Waals surface area contributed by atoms with Crippen molar-refractivity contribution in [2.45, 2.75) is 6.92 Å². The molecule has 2 heterocycles. The molecule has 2 aromatic rings. The second kappa shape index (κ2) is 2.55. The lowest BCUT2D eigenvalue weighted by atomic mass is 10.2. The molecule has 0 bridgehead atoms. The number of pyridine rings is 1. The summed E-state index contributed by atoms with van der Waals surface area (Å²) in [6, 6.07) is 1.50. The quantitative estimate of drug-likeness (QED) is 0.710. The van der Waals surface area contributed by atoms with Crippen LogP contribution in [0.5, 0.6) is 0 Å². The van der Waals surface area contributed by atoms with Gasteiger partial charge in [0.2, 0.25) is 5.65 Å². The van der Waals surface area contributed by atoms with Gasteiger partial charge in [-0.3, -0.25) is 0 Å². The zero-order chi connectivity index (χ0) is 9.42. The molecule has 0 aliphatic heterocycles. The standard InChI is InChI=1S/C8H6N2O3/c1-4-6-2-5(8(11)12)3-9-7(6)10-13-4/h2-3H,1H3,(H,11,12). The molecule has 1 N–H and O–H groups in total. The van der Waals surface area contributed by atoms with Crippen LogP contribution in [0.2, 0.25) is 0 Å². The van der Waals surface area contributed by atoms with Crippen LogP contribution in [-0.4, -0.2) is 21.2 Å². The molecule has 0 aliphatic rings. The van der Waals surface area contributed by atoms with Crippen LogP contribution in [0.15, 0.2) is 16.8 Å². The summed E-state index contributed by atoms with van der Waals surface area (Å²) in [4.78, 5) is 14.4. The van der Waals surface area contributed by atoms with Crippen LogP contribution in [0.1, 0.15) is 16.1 Å². The van der Waals surface area contributed by atoms with E-state index < -0.39 is 5.97 Å². The highest BCUT2D eigenvalue weighted by Gasteiger charge is 2.09. The average Bonchev–Trinajstić information content (AvgIpc) is 2.47. The van der Waals surface area contributed by atoms with Gasteiger partial charge in [0.15, 0.2) is 0 Å². The van der Waals surface area contributed by atoms with Crippen LogP contribution in [0.3, 0.4) is 0 Å². The Morgan fingerprint density at radius 3 is 3.08 bits per heavy atom. The minimum absolute atomic E-state index is 0.138. The topological polar surface area (TPSA) is 76.2 Å². The summed E-state index contributed by atoms with van der Waals surface area (Å²) in [5.41, 5.74) is 0.571. The Morgan fingerprint density at radius 1 is 1.62 bits per heavy atom. The summed E-state index contributed by atoms with van der Waals surface area (Å²) >= 11 is 0. The van der Waals surface area contributed by atoms with Gasteiger partial charge in [-0.1, -0.05) is 5.16 Å². The van der Waals surface area contributed by atoms with Crippen LogP contribution in [0.25, 0.3) is 11.0 Å². The monoisotopic (exact) mass is 178 g/mol. The van der Waals surface area contributed by atoms with Gasteiger partial charge in [0, 0.05) is 6.20 Å². The third-order valence-corrected chi connectivity index (χ3v) is 1.76. The molecule has 0 saturated heterocycles. The van der Waals surface area contributed by atoms with Crippen LogP contribution in [0.4, 0.5) is 0 Å². The van der Waals surface area contributed by atoms with Crippen molar-refractivity contribution in [3.8, 4) is 0 Å². The lowest BCUT2D eigenvalue weighted by Crippen LogP contribution is -1.96. The van der Waals surface area contributed by atoms with Crippen molar-refractivity contribution in [2.75, 3.05) is 0 Å². The van der Waals surface area contributed by atoms with Crippen molar-refractivity contribution in [1.29, 1.82) is 0 Å². The first-order valence-corrected chi connectivity index (χ1v) is 3.64. The molecule has 5 heteroatoms. The summed E-state index contributed by atoms with van der Waals surface area (Å²) in [6.07, 6.45) is 1.26. The van der Waals surface area contributed by atoms with E-state index in [1.807, 2.05) is 0 Å². The Kier molecular flexibility index (Phi) is 1.51. The van der Waals surface area contributed by atoms with Crippen LogP contribution in [0, 0.1) is 6.92 Å². The minimum atomic E-state index is -1.00. The Hall–Kier alpha value is -1.91. The van der Waals surface area contributed by atoms with E-state index in [9.17, 15) is 4.79 Å². The van der Waals surface area contributed by atoms with Crippen molar-refractivity contribution >= 4 is 17.0 Å². The molecule has 0 aliphatic carbocycles. The maximum atomic E-state index is 10.6. The zero-order valence-electron chi connectivity index (χ0n) is 6.81. The summed E-state index contributed by atoms with van der Waals surface area (Å²) < 4.78 is 4.84. The fourth-order valence-electron chi connectivity index (χ4n) is 1.07. The normalized spacial score (nSPS) is 10.5. The van der Waals surface area contributed by atoms with Gasteiger partial charge in [-0.15, -0.1) is 0 Å². The van der Waals surface area contributed by atoms with Crippen molar-refractivity contribution in [2.24, 2.45) is 0 Å². The Balaban J connectivity index is 2.72. The Morgan fingerprint density at radius 2 is 2.38 bits per heavy atom. The number of carboxylic acid groups (broad SMARTS) is 1. The van der Waals surface area contributed by atoms with E-state index in [1.54, 1.807) is 6.92 Å². The minimum Gasteiger partial charge on any atom is -0.478 e. The summed E-state index contributed by atoms with van der Waals surface area (Å²) in [5.74, 6) is -0.430. The first-order valence-electron chi connectivity index (χ1n) is 3.64. The van der Waals surface area contributed by atoms with Gasteiger partial charge in [-0.2, -0.15) is 0 Å². The number of aryl methyl sites for hydroxylation is 1. The number of carboxylic acids is 1. The molecule has 0 amide bonds. The highest BCUT2D eigenvalue weighted by atomic mass is 16.5. The number of rotatable bonds is 1. The Bertz CT molecular complexity index is 475. The van der Waals surface area contributed by atoms with Gasteiger partial charge in [0.05, 0.1) is 10.9 Å². The predicted octanol–water partition coefficient (Wildman–Crippen LogP) is 1.23. The molecule has 2 aromatic heterocycles. The van der Waals surface area contributed by atoms with Gasteiger partial charge < -0.3 is 9.63 Å². The molecule has 13 heavy (non-hydrogen) atoms. The van der Waals surface area contributed by atoms with Crippen molar-refractivity contribution in [3.05, 3.63) is 23.6 Å². The molecule has 0 aromatic carbocycles. The number of aromatic nitrogens is 2. The largest absolute Gasteiger partial charge is 0.478 e. The zero-order valence-corrected chi connectivity index (χ0v) is 6.81. The van der Waals surface area contributed by atoms with Crippen molar-refractivity contribution in [3.63, 3.8) is 0 Å². The maximum Gasteiger partial charge on any atom is 0.337 e. The van der Waals surface area contributed by atoms with E-state index >= 15 is 0 Å². The number of fused-ring (bicyclic) bond motifs is 1. The molecular weight excluding hydrogens is 172 g/mol. The number of nitrogens with zero attached hydrogens (tertiary/aromatic N) is 2. The van der Waals surface area contributed by atoms with Gasteiger partial charge in [-0.25, -0.2) is 9.78 Å². The molecule has 0 atom stereocenters. The molecule has 0 spiro atoms. The lowest BCUT2D eigenvalue weighted by Gasteiger charge is -1.91. The second-order valence-electron chi connectivity index (χ2n) is 2.64. The van der Waals surface area contributed by atoms with E-state index in [2.05, 4.69) is 10.1 Å². The summed E-state index contributed by atoms with van der Waals surface area (Å²) in [5, 5.41) is 13.0. The molecule has 5 nitrogen and oxygen atoms in total. The molecular formula is C8H6N2O3. The Labute approximate surface area is 73.0 Å². The van der Waals surface area contributed by atoms with E-state index in [-0.39, 0.29) is 5.56 Å². The predicted molar refractivity (Wildman–Crippen MR) is 43.5 cm³/mol. The van der Waals surface area contributed by atoms with Gasteiger partial charge in [0.1, 0.15) is 5.76 Å². The molecule has 2 rings (SSSR count). The summed E-state index contributed by atoms with van der Waals surface area (Å²) in [6.45, 7) is 1.71. The van der Waals surface area contributed by atoms with E-state index in [1.165, 1.54) is 12.3 Å². The van der Waals surface area contributed by atoms with Crippen LogP contribution < -0.4 is 0 Å². The fraction of sp³-hybridized carbons (Fsp3) is 0.125. The molecule has 0 unspecified atom stereocenters. The number of carbonyl (C=O) groups is 1. The molecule has 0 saturated carbocycles. The molecule has 0 radical (unpaired) electrons. The van der Waals surface area contributed by atoms with E-state index in [0.717, 1.165) is 0 Å². The van der Waals surface area contributed by atoms with Crippen LogP contribution in [-0.2, 0) is 0 Å². The smallest absolute Gasteiger partial charge is 0.337 e. The highest BCUT2D eigenvalue weighted by molar-refractivity contribution is 5.91. The molecule has 0 fully saturated rings. The average molecular weight is 178 g/mol. The van der Waals surface area contributed by atoms with E-state index in [0.29, 0.717) is 16.8 Å².